The molecule has 746 valence electrons. The van der Waals surface area contributed by atoms with Crippen molar-refractivity contribution in [2.45, 2.75) is 445 Å². The third-order valence-corrected chi connectivity index (χ3v) is 17.3. The van der Waals surface area contributed by atoms with Gasteiger partial charge in [0.2, 0.25) is 0 Å². The summed E-state index contributed by atoms with van der Waals surface area (Å²) in [4.78, 5) is 0. The molecule has 11 aromatic carbocycles. The highest BCUT2D eigenvalue weighted by Gasteiger charge is 2.22. The minimum Gasteiger partial charge on any atom is -0.0683 e. The molecule has 0 aliphatic rings. The van der Waals surface area contributed by atoms with Crippen LogP contribution >= 0.6 is 0 Å². The van der Waals surface area contributed by atoms with Gasteiger partial charge in [0.15, 0.2) is 0 Å². The fraction of sp³-hybridized carbons (Fsp3) is 0.530. The van der Waals surface area contributed by atoms with Gasteiger partial charge >= 0.3 is 0 Å². The van der Waals surface area contributed by atoms with E-state index in [9.17, 15) is 0 Å². The zero-order valence-electron chi connectivity index (χ0n) is 98.4. The van der Waals surface area contributed by atoms with E-state index in [0.29, 0.717) is 27.1 Å². The predicted octanol–water partition coefficient (Wildman–Crippen LogP) is 45.3. The highest BCUT2D eigenvalue weighted by atomic mass is 14.3. The minimum absolute atomic E-state index is 0.187. The summed E-state index contributed by atoms with van der Waals surface area (Å²) in [5.41, 5.74) is 22.8. The fourth-order valence-electron chi connectivity index (χ4n) is 11.4. The van der Waals surface area contributed by atoms with Gasteiger partial charge in [0.25, 0.3) is 0 Å². The lowest BCUT2D eigenvalue weighted by Gasteiger charge is -2.23. The molecule has 0 aliphatic carbocycles. The van der Waals surface area contributed by atoms with Gasteiger partial charge in [-0.15, -0.1) is 0 Å². The maximum Gasteiger partial charge on any atom is -0.0126 e. The van der Waals surface area contributed by atoms with Gasteiger partial charge in [-0.2, -0.15) is 0 Å². The molecule has 11 rings (SSSR count). The van der Waals surface area contributed by atoms with Gasteiger partial charge in [-0.3, -0.25) is 0 Å². The van der Waals surface area contributed by atoms with Crippen molar-refractivity contribution >= 4 is 21.5 Å². The summed E-state index contributed by atoms with van der Waals surface area (Å²) in [6.45, 7) is 125. The van der Waals surface area contributed by atoms with Crippen LogP contribution < -0.4 is 0 Å². The summed E-state index contributed by atoms with van der Waals surface area (Å²) in [6, 6.07) is 95.7. The lowest BCUT2D eigenvalue weighted by atomic mass is 9.82. The van der Waals surface area contributed by atoms with Crippen LogP contribution in [0.5, 0.6) is 0 Å². The van der Waals surface area contributed by atoms with E-state index >= 15 is 0 Å². The summed E-state index contributed by atoms with van der Waals surface area (Å²) in [5.74, 6) is 0. The molecule has 0 heterocycles. The van der Waals surface area contributed by atoms with Crippen LogP contribution in [0.1, 0.15) is 446 Å². The third kappa shape index (κ3) is 68.9. The van der Waals surface area contributed by atoms with Crippen LogP contribution in [0.2, 0.25) is 0 Å². The Morgan fingerprint density at radius 3 is 0.561 bits per heavy atom. The van der Waals surface area contributed by atoms with Gasteiger partial charge in [0.05, 0.1) is 0 Å². The monoisotopic (exact) mass is 1800 g/mol. The maximum absolute atomic E-state index is 2.32. The Kier molecular flexibility index (Phi) is 73.6. The number of hydrogen-bond acceptors (Lipinski definition) is 0. The highest BCUT2D eigenvalue weighted by molar-refractivity contribution is 5.87. The van der Waals surface area contributed by atoms with Gasteiger partial charge in [0.1, 0.15) is 0 Å². The van der Waals surface area contributed by atoms with Crippen molar-refractivity contribution in [3.05, 3.63) is 311 Å². The van der Waals surface area contributed by atoms with E-state index in [1.54, 1.807) is 0 Å². The van der Waals surface area contributed by atoms with Gasteiger partial charge in [-0.25, -0.2) is 0 Å². The number of rotatable bonds is 3. The van der Waals surface area contributed by atoms with Crippen LogP contribution in [0.15, 0.2) is 267 Å². The molecule has 0 unspecified atom stereocenters. The normalized spacial score (nSPS) is 10.8. The first-order valence-electron chi connectivity index (χ1n) is 51.3. The topological polar surface area (TPSA) is 0 Å². The average Bonchev–Trinajstić information content (AvgIpc) is 0.718. The van der Waals surface area contributed by atoms with Gasteiger partial charge in [-0.05, 0) is 164 Å². The van der Waals surface area contributed by atoms with Crippen molar-refractivity contribution in [3.8, 4) is 33.4 Å². The summed E-state index contributed by atoms with van der Waals surface area (Å²) in [6.07, 6.45) is 0. The molecule has 0 bridgehead atoms. The fourth-order valence-corrected chi connectivity index (χ4v) is 11.4. The summed E-state index contributed by atoms with van der Waals surface area (Å²) in [5, 5.41) is 5.42. The van der Waals surface area contributed by atoms with Crippen molar-refractivity contribution in [1.82, 2.24) is 0 Å². The molecule has 0 aromatic heterocycles. The Morgan fingerprint density at radius 2 is 0.311 bits per heavy atom. The van der Waals surface area contributed by atoms with E-state index in [-0.39, 0.29) is 37.9 Å². The highest BCUT2D eigenvalue weighted by Crippen LogP contribution is 2.37. The van der Waals surface area contributed by atoms with Crippen LogP contribution in [0.25, 0.3) is 54.9 Å². The average molecular weight is 1810 g/mol. The van der Waals surface area contributed by atoms with E-state index in [2.05, 4.69) is 544 Å². The molecule has 0 aliphatic heterocycles. The summed E-state index contributed by atoms with van der Waals surface area (Å²) in [7, 11) is 0. The molecule has 132 heavy (non-hydrogen) atoms. The molecule has 0 amide bonds. The molecule has 0 fully saturated rings. The van der Waals surface area contributed by atoms with Crippen molar-refractivity contribution in [3.63, 3.8) is 0 Å². The molecule has 0 N–H and O–H groups in total. The second kappa shape index (κ2) is 69.7. The molecule has 0 radical (unpaired) electrons. The van der Waals surface area contributed by atoms with Crippen LogP contribution in [-0.4, -0.2) is 0 Å². The minimum atomic E-state index is 0.187. The molecular formula is C132H218. The van der Waals surface area contributed by atoms with Crippen LogP contribution in [0.3, 0.4) is 0 Å². The Bertz CT molecular complexity index is 4290. The second-order valence-electron chi connectivity index (χ2n) is 45.7. The maximum atomic E-state index is 2.32. The van der Waals surface area contributed by atoms with Crippen molar-refractivity contribution in [2.24, 2.45) is 21.7 Å². The zero-order valence-corrected chi connectivity index (χ0v) is 98.4. The Morgan fingerprint density at radius 1 is 0.129 bits per heavy atom. The van der Waals surface area contributed by atoms with Gasteiger partial charge in [-0.1, -0.05) is 668 Å². The van der Waals surface area contributed by atoms with Crippen LogP contribution in [0, 0.1) is 21.7 Å². The molecule has 0 nitrogen and oxygen atoms in total. The lowest BCUT2D eigenvalue weighted by Crippen LogP contribution is -2.12. The van der Waals surface area contributed by atoms with E-state index in [4.69, 9.17) is 0 Å². The first kappa shape index (κ1) is 139. The zero-order chi connectivity index (χ0) is 106. The molecular weight excluding hydrogens is 1590 g/mol. The van der Waals surface area contributed by atoms with Crippen LogP contribution in [0.4, 0.5) is 0 Å². The molecule has 0 heteroatoms. The van der Waals surface area contributed by atoms with E-state index in [0.717, 1.165) is 0 Å². The standard InChI is InChI=1S/2C20H26.C16H18.2C14H16.C10H14.4C5H12.9C2H6/c1-19(2,3)17-11-7-9-15(13-17)16-10-8-12-18(14-16)20(4,5)6;1-19(2,3)17-12-10-15(11-13-17)16-8-7-9-18(14-16)20(4,5)6;1-16(2,3)15-12-8-7-11-14(15)13-9-5-4-6-10-13;2*1-14(2,3)13-10-6-8-11-7-4-5-9-12(11)13;1-10(2,3)9-7-5-4-6-8-9;4*1-5(2,3)4;9*1-2/h2*7-14H,1-6H3;4-12H,1-3H3;2*4-10H,1-3H3;4-8H,1-3H3;4*1-4H3;9*1-2H3. The van der Waals surface area contributed by atoms with Crippen LogP contribution in [-0.2, 0) is 43.3 Å². The van der Waals surface area contributed by atoms with Crippen molar-refractivity contribution in [2.75, 3.05) is 0 Å². The first-order valence-corrected chi connectivity index (χ1v) is 51.3. The quantitative estimate of drug-likeness (QED) is 0.165. The van der Waals surface area contributed by atoms with E-state index in [1.165, 1.54) is 99.4 Å². The Balaban J connectivity index is -0.000000218. The van der Waals surface area contributed by atoms with Gasteiger partial charge < -0.3 is 0 Å². The largest absolute Gasteiger partial charge is 0.0683 e. The molecule has 0 atom stereocenters. The SMILES string of the molecule is CC.CC.CC.CC.CC.CC.CC.CC.CC.CC(C)(C)C.CC(C)(C)C.CC(C)(C)C.CC(C)(C)C.CC(C)(C)c1ccc(-c2cccc(C(C)(C)C)c2)cc1.CC(C)(C)c1cccc(-c2cccc(C(C)(C)C)c2)c1.CC(C)(C)c1cccc2ccccc12.CC(C)(C)c1cccc2ccccc12.CC(C)(C)c1ccccc1.CC(C)(C)c1ccccc1-c1ccccc1. The van der Waals surface area contributed by atoms with Gasteiger partial charge in [0, 0.05) is 0 Å². The van der Waals surface area contributed by atoms with E-state index in [1.807, 2.05) is 125 Å². The molecule has 0 spiro atoms. The predicted molar refractivity (Wildman–Crippen MR) is 622 cm³/mol. The molecule has 11 aromatic rings. The third-order valence-electron chi connectivity index (χ3n) is 17.3. The number of fused-ring (bicyclic) bond motifs is 2. The first-order chi connectivity index (χ1) is 60.7. The smallest absolute Gasteiger partial charge is 0.0126 e. The second-order valence-corrected chi connectivity index (χ2v) is 45.7. The molecule has 0 saturated heterocycles. The molecule has 0 saturated carbocycles. The lowest BCUT2D eigenvalue weighted by molar-refractivity contribution is 0.469. The Hall–Kier alpha value is -8.06. The number of benzene rings is 11. The van der Waals surface area contributed by atoms with Crippen molar-refractivity contribution in [1.29, 1.82) is 0 Å². The van der Waals surface area contributed by atoms with E-state index < -0.39 is 0 Å². The Labute approximate surface area is 827 Å². The summed E-state index contributed by atoms with van der Waals surface area (Å²) >= 11 is 0. The summed E-state index contributed by atoms with van der Waals surface area (Å²) < 4.78 is 0. The van der Waals surface area contributed by atoms with Crippen molar-refractivity contribution < 1.29 is 0 Å². The number of hydrogen-bond donors (Lipinski definition) is 0.